The van der Waals surface area contributed by atoms with Crippen molar-refractivity contribution in [2.24, 2.45) is 0 Å². The first-order chi connectivity index (χ1) is 13.4. The second-order valence-corrected chi connectivity index (χ2v) is 6.53. The van der Waals surface area contributed by atoms with Crippen molar-refractivity contribution < 1.29 is 13.2 Å². The van der Waals surface area contributed by atoms with Gasteiger partial charge in [-0.15, -0.1) is 10.2 Å². The molecule has 7 nitrogen and oxygen atoms in total. The largest absolute Gasteiger partial charge is 0.416 e. The van der Waals surface area contributed by atoms with Crippen molar-refractivity contribution in [1.29, 1.82) is 0 Å². The molecule has 0 amide bonds. The maximum absolute atomic E-state index is 12.9. The van der Waals surface area contributed by atoms with Crippen molar-refractivity contribution in [3.05, 3.63) is 54.0 Å². The van der Waals surface area contributed by atoms with Crippen molar-refractivity contribution in [2.75, 3.05) is 36.0 Å². The van der Waals surface area contributed by atoms with Gasteiger partial charge in [0.05, 0.1) is 11.3 Å². The lowest BCUT2D eigenvalue weighted by molar-refractivity contribution is -0.137. The molecule has 4 rings (SSSR count). The molecule has 0 aromatic carbocycles. The molecule has 0 spiro atoms. The van der Waals surface area contributed by atoms with Gasteiger partial charge < -0.3 is 9.80 Å². The molecule has 0 unspecified atom stereocenters. The third-order valence-corrected chi connectivity index (χ3v) is 4.59. The van der Waals surface area contributed by atoms with Gasteiger partial charge in [-0.2, -0.15) is 18.3 Å². The van der Waals surface area contributed by atoms with E-state index >= 15 is 0 Å². The number of nitrogens with zero attached hydrogens (tertiary/aromatic N) is 7. The molecule has 1 saturated heterocycles. The number of hydrogen-bond acceptors (Lipinski definition) is 6. The van der Waals surface area contributed by atoms with Gasteiger partial charge in [-0.05, 0) is 37.3 Å². The predicted molar refractivity (Wildman–Crippen MR) is 97.6 cm³/mol. The number of anilines is 2. The zero-order valence-electron chi connectivity index (χ0n) is 15.1. The molecule has 0 N–H and O–H groups in total. The lowest BCUT2D eigenvalue weighted by atomic mass is 10.2. The minimum absolute atomic E-state index is 0.338. The SMILES string of the molecule is Cc1ccn(-c2ccc(N3CCN(c4cc(C(F)(F)F)ccn4)CC3)nn2)n1. The molecule has 10 heteroatoms. The molecule has 3 aromatic rings. The van der Waals surface area contributed by atoms with Crippen LogP contribution < -0.4 is 9.80 Å². The third kappa shape index (κ3) is 3.75. The highest BCUT2D eigenvalue weighted by molar-refractivity contribution is 5.46. The van der Waals surface area contributed by atoms with Gasteiger partial charge in [0.15, 0.2) is 11.6 Å². The van der Waals surface area contributed by atoms with E-state index in [0.717, 1.165) is 23.6 Å². The first kappa shape index (κ1) is 18.2. The smallest absolute Gasteiger partial charge is 0.353 e. The molecule has 146 valence electrons. The molecule has 4 heterocycles. The van der Waals surface area contributed by atoms with E-state index in [9.17, 15) is 13.2 Å². The van der Waals surface area contributed by atoms with E-state index in [0.29, 0.717) is 37.8 Å². The van der Waals surface area contributed by atoms with Crippen LogP contribution in [0.3, 0.4) is 0 Å². The van der Waals surface area contributed by atoms with Crippen LogP contribution in [0.4, 0.5) is 24.8 Å². The van der Waals surface area contributed by atoms with Gasteiger partial charge in [0, 0.05) is 38.6 Å². The lowest BCUT2D eigenvalue weighted by Gasteiger charge is -2.36. The molecule has 1 fully saturated rings. The van der Waals surface area contributed by atoms with Gasteiger partial charge >= 0.3 is 6.18 Å². The summed E-state index contributed by atoms with van der Waals surface area (Å²) in [5.41, 5.74) is 0.209. The molecule has 0 aliphatic carbocycles. The maximum atomic E-state index is 12.9. The minimum Gasteiger partial charge on any atom is -0.353 e. The Balaban J connectivity index is 1.42. The fourth-order valence-corrected chi connectivity index (χ4v) is 3.08. The standard InChI is InChI=1S/C18H18F3N7/c1-13-5-7-28(25-13)16-3-2-15(23-24-16)26-8-10-27(11-9-26)17-12-14(4-6-22-17)18(19,20)21/h2-7,12H,8-11H2,1H3. The molecule has 1 aliphatic heterocycles. The van der Waals surface area contributed by atoms with Gasteiger partial charge in [-0.25, -0.2) is 9.67 Å². The molecular formula is C18H18F3N7. The molecule has 1 aliphatic rings. The number of alkyl halides is 3. The molecule has 0 radical (unpaired) electrons. The lowest BCUT2D eigenvalue weighted by Crippen LogP contribution is -2.47. The summed E-state index contributed by atoms with van der Waals surface area (Å²) in [5, 5.41) is 12.8. The van der Waals surface area contributed by atoms with Gasteiger partial charge in [0.1, 0.15) is 5.82 Å². The van der Waals surface area contributed by atoms with Crippen LogP contribution in [-0.4, -0.2) is 51.1 Å². The Hall–Kier alpha value is -3.17. The number of halogens is 3. The van der Waals surface area contributed by atoms with Gasteiger partial charge in [-0.3, -0.25) is 0 Å². The van der Waals surface area contributed by atoms with Crippen molar-refractivity contribution in [3.63, 3.8) is 0 Å². The molecule has 0 saturated carbocycles. The van der Waals surface area contributed by atoms with Crippen molar-refractivity contribution >= 4 is 11.6 Å². The third-order valence-electron chi connectivity index (χ3n) is 4.59. The van der Waals surface area contributed by atoms with E-state index in [1.807, 2.05) is 36.2 Å². The molecule has 0 atom stereocenters. The number of hydrogen-bond donors (Lipinski definition) is 0. The molecule has 0 bridgehead atoms. The summed E-state index contributed by atoms with van der Waals surface area (Å²) in [5.74, 6) is 1.69. The average molecular weight is 389 g/mol. The highest BCUT2D eigenvalue weighted by atomic mass is 19.4. The van der Waals surface area contributed by atoms with Crippen LogP contribution in [0.15, 0.2) is 42.7 Å². The quantitative estimate of drug-likeness (QED) is 0.687. The van der Waals surface area contributed by atoms with E-state index in [4.69, 9.17) is 0 Å². The Morgan fingerprint density at radius 1 is 0.857 bits per heavy atom. The number of aromatic nitrogens is 5. The Kier molecular flexibility index (Phi) is 4.62. The van der Waals surface area contributed by atoms with E-state index in [2.05, 4.69) is 25.2 Å². The predicted octanol–water partition coefficient (Wildman–Crippen LogP) is 2.71. The maximum Gasteiger partial charge on any atom is 0.416 e. The zero-order valence-corrected chi connectivity index (χ0v) is 15.1. The zero-order chi connectivity index (χ0) is 19.7. The summed E-state index contributed by atoms with van der Waals surface area (Å²) in [6.45, 7) is 4.24. The summed E-state index contributed by atoms with van der Waals surface area (Å²) in [4.78, 5) is 7.99. The number of pyridine rings is 1. The summed E-state index contributed by atoms with van der Waals surface area (Å²) >= 11 is 0. The summed E-state index contributed by atoms with van der Waals surface area (Å²) in [7, 11) is 0. The topological polar surface area (TPSA) is 63.0 Å². The summed E-state index contributed by atoms with van der Waals surface area (Å²) in [6.07, 6.45) is -1.35. The fraction of sp³-hybridized carbons (Fsp3) is 0.333. The summed E-state index contributed by atoms with van der Waals surface area (Å²) in [6, 6.07) is 7.68. The van der Waals surface area contributed by atoms with Crippen LogP contribution in [0.5, 0.6) is 0 Å². The fourth-order valence-electron chi connectivity index (χ4n) is 3.08. The highest BCUT2D eigenvalue weighted by Crippen LogP contribution is 2.31. The van der Waals surface area contributed by atoms with E-state index in [1.54, 1.807) is 4.68 Å². The number of aryl methyl sites for hydroxylation is 1. The normalized spacial score (nSPS) is 15.1. The van der Waals surface area contributed by atoms with Crippen LogP contribution in [0.25, 0.3) is 5.82 Å². The Morgan fingerprint density at radius 2 is 1.50 bits per heavy atom. The van der Waals surface area contributed by atoms with Crippen molar-refractivity contribution in [3.8, 4) is 5.82 Å². The van der Waals surface area contributed by atoms with Gasteiger partial charge in [-0.1, -0.05) is 0 Å². The van der Waals surface area contributed by atoms with Gasteiger partial charge in [0.2, 0.25) is 0 Å². The number of rotatable bonds is 3. The highest BCUT2D eigenvalue weighted by Gasteiger charge is 2.31. The van der Waals surface area contributed by atoms with E-state index in [-0.39, 0.29) is 0 Å². The second kappa shape index (κ2) is 7.10. The van der Waals surface area contributed by atoms with Crippen molar-refractivity contribution in [2.45, 2.75) is 13.1 Å². The number of piperazine rings is 1. The van der Waals surface area contributed by atoms with Crippen LogP contribution in [-0.2, 0) is 6.18 Å². The van der Waals surface area contributed by atoms with Crippen LogP contribution in [0, 0.1) is 6.92 Å². The van der Waals surface area contributed by atoms with Crippen LogP contribution in [0.2, 0.25) is 0 Å². The average Bonchev–Trinajstić information content (AvgIpc) is 3.14. The molecular weight excluding hydrogens is 371 g/mol. The van der Waals surface area contributed by atoms with Crippen LogP contribution >= 0.6 is 0 Å². The van der Waals surface area contributed by atoms with Crippen LogP contribution in [0.1, 0.15) is 11.3 Å². The van der Waals surface area contributed by atoms with E-state index in [1.165, 1.54) is 6.20 Å². The van der Waals surface area contributed by atoms with Gasteiger partial charge in [0.25, 0.3) is 0 Å². The summed E-state index contributed by atoms with van der Waals surface area (Å²) < 4.78 is 40.4. The Bertz CT molecular complexity index is 944. The first-order valence-corrected chi connectivity index (χ1v) is 8.80. The first-order valence-electron chi connectivity index (χ1n) is 8.80. The monoisotopic (exact) mass is 389 g/mol. The van der Waals surface area contributed by atoms with Crippen molar-refractivity contribution in [1.82, 2.24) is 25.0 Å². The minimum atomic E-state index is -4.37. The second-order valence-electron chi connectivity index (χ2n) is 6.53. The van der Waals surface area contributed by atoms with E-state index < -0.39 is 11.7 Å². The Labute approximate surface area is 159 Å². The Morgan fingerprint density at radius 3 is 2.07 bits per heavy atom. The molecule has 28 heavy (non-hydrogen) atoms. The molecule has 3 aromatic heterocycles.